The molecule has 3 heteroatoms. The van der Waals surface area contributed by atoms with Crippen molar-refractivity contribution in [2.75, 3.05) is 25.1 Å². The van der Waals surface area contributed by atoms with Crippen LogP contribution < -0.4 is 15.0 Å². The molecule has 0 saturated carbocycles. The first-order valence-electron chi connectivity index (χ1n) is 7.86. The number of nitrogens with zero attached hydrogens (tertiary/aromatic N) is 1. The predicted molar refractivity (Wildman–Crippen MR) is 85.7 cm³/mol. The molecule has 1 saturated heterocycles. The minimum atomic E-state index is 0.306. The van der Waals surface area contributed by atoms with E-state index in [1.807, 2.05) is 0 Å². The lowest BCUT2D eigenvalue weighted by molar-refractivity contribution is 0.401. The van der Waals surface area contributed by atoms with Crippen molar-refractivity contribution in [3.63, 3.8) is 0 Å². The summed E-state index contributed by atoms with van der Waals surface area (Å²) in [5.41, 5.74) is 2.63. The summed E-state index contributed by atoms with van der Waals surface area (Å²) >= 11 is 0. The topological polar surface area (TPSA) is 24.5 Å². The van der Waals surface area contributed by atoms with Crippen LogP contribution >= 0.6 is 0 Å². The van der Waals surface area contributed by atoms with Gasteiger partial charge in [-0.25, -0.2) is 0 Å². The summed E-state index contributed by atoms with van der Waals surface area (Å²) in [7, 11) is 1.76. The second-order valence-corrected chi connectivity index (χ2v) is 5.71. The van der Waals surface area contributed by atoms with E-state index in [0.717, 1.165) is 18.8 Å². The first-order chi connectivity index (χ1) is 9.69. The number of nitrogens with one attached hydrogen (secondary N) is 1. The zero-order valence-electron chi connectivity index (χ0n) is 13.3. The lowest BCUT2D eigenvalue weighted by Gasteiger charge is -2.38. The summed E-state index contributed by atoms with van der Waals surface area (Å²) < 4.78 is 5.61. The molecule has 1 heterocycles. The minimum Gasteiger partial charge on any atom is -0.496 e. The maximum absolute atomic E-state index is 5.61. The van der Waals surface area contributed by atoms with Crippen molar-refractivity contribution in [1.29, 1.82) is 0 Å². The fraction of sp³-hybridized carbons (Fsp3) is 0.647. The van der Waals surface area contributed by atoms with Crippen LogP contribution in [-0.2, 0) is 0 Å². The van der Waals surface area contributed by atoms with Crippen LogP contribution in [-0.4, -0.2) is 26.2 Å². The molecule has 1 aliphatic heterocycles. The SMILES string of the molecule is CCNC(C)c1c(OC)cccc1N1CCCCC1C. The first-order valence-corrected chi connectivity index (χ1v) is 7.86. The van der Waals surface area contributed by atoms with Gasteiger partial charge in [0.15, 0.2) is 0 Å². The molecule has 0 spiro atoms. The molecule has 0 bridgehead atoms. The van der Waals surface area contributed by atoms with Gasteiger partial charge in [-0.15, -0.1) is 0 Å². The van der Waals surface area contributed by atoms with E-state index < -0.39 is 0 Å². The summed E-state index contributed by atoms with van der Waals surface area (Å²) in [6.45, 7) is 8.82. The van der Waals surface area contributed by atoms with Crippen LogP contribution in [0.1, 0.15) is 51.6 Å². The molecule has 0 aliphatic carbocycles. The molecule has 1 fully saturated rings. The van der Waals surface area contributed by atoms with Gasteiger partial charge in [0.25, 0.3) is 0 Å². The zero-order chi connectivity index (χ0) is 14.5. The number of hydrogen-bond donors (Lipinski definition) is 1. The van der Waals surface area contributed by atoms with Crippen molar-refractivity contribution >= 4 is 5.69 Å². The Morgan fingerprint density at radius 1 is 1.40 bits per heavy atom. The Bertz CT molecular complexity index is 433. The van der Waals surface area contributed by atoms with Gasteiger partial charge >= 0.3 is 0 Å². The molecule has 3 nitrogen and oxygen atoms in total. The van der Waals surface area contributed by atoms with E-state index in [1.54, 1.807) is 7.11 Å². The lowest BCUT2D eigenvalue weighted by atomic mass is 9.98. The molecule has 2 rings (SSSR count). The van der Waals surface area contributed by atoms with E-state index in [4.69, 9.17) is 4.74 Å². The molecule has 1 aromatic rings. The van der Waals surface area contributed by atoms with Crippen LogP contribution in [0.2, 0.25) is 0 Å². The third-order valence-electron chi connectivity index (χ3n) is 4.32. The van der Waals surface area contributed by atoms with Gasteiger partial charge < -0.3 is 15.0 Å². The van der Waals surface area contributed by atoms with Crippen LogP contribution in [0.15, 0.2) is 18.2 Å². The lowest BCUT2D eigenvalue weighted by Crippen LogP contribution is -2.38. The molecule has 1 aromatic carbocycles. The molecule has 0 radical (unpaired) electrons. The van der Waals surface area contributed by atoms with Gasteiger partial charge in [0, 0.05) is 29.9 Å². The summed E-state index contributed by atoms with van der Waals surface area (Å²) in [6, 6.07) is 7.34. The van der Waals surface area contributed by atoms with Crippen LogP contribution in [0, 0.1) is 0 Å². The molecule has 2 atom stereocenters. The van der Waals surface area contributed by atoms with Crippen LogP contribution in [0.5, 0.6) is 5.75 Å². The maximum Gasteiger partial charge on any atom is 0.125 e. The van der Waals surface area contributed by atoms with E-state index >= 15 is 0 Å². The van der Waals surface area contributed by atoms with Gasteiger partial charge in [-0.3, -0.25) is 0 Å². The summed E-state index contributed by atoms with van der Waals surface area (Å²) in [5.74, 6) is 0.994. The Morgan fingerprint density at radius 3 is 2.85 bits per heavy atom. The Balaban J connectivity index is 2.40. The van der Waals surface area contributed by atoms with Crippen molar-refractivity contribution < 1.29 is 4.74 Å². The molecule has 1 N–H and O–H groups in total. The molecule has 1 aliphatic rings. The van der Waals surface area contributed by atoms with E-state index in [9.17, 15) is 0 Å². The number of piperidine rings is 1. The second kappa shape index (κ2) is 6.98. The summed E-state index contributed by atoms with van der Waals surface area (Å²) in [5, 5.41) is 3.52. The minimum absolute atomic E-state index is 0.306. The van der Waals surface area contributed by atoms with Crippen molar-refractivity contribution in [2.45, 2.75) is 52.1 Å². The molecule has 20 heavy (non-hydrogen) atoms. The van der Waals surface area contributed by atoms with E-state index in [0.29, 0.717) is 12.1 Å². The molecule has 112 valence electrons. The standard InChI is InChI=1S/C17H28N2O/c1-5-18-14(3)17-15(10-8-11-16(17)20-4)19-12-7-6-9-13(19)2/h8,10-11,13-14,18H,5-7,9,12H2,1-4H3. The van der Waals surface area contributed by atoms with Crippen LogP contribution in [0.4, 0.5) is 5.69 Å². The third-order valence-corrected chi connectivity index (χ3v) is 4.32. The number of rotatable bonds is 5. The Morgan fingerprint density at radius 2 is 2.20 bits per heavy atom. The zero-order valence-corrected chi connectivity index (χ0v) is 13.3. The van der Waals surface area contributed by atoms with Crippen molar-refractivity contribution in [3.8, 4) is 5.75 Å². The van der Waals surface area contributed by atoms with Crippen molar-refractivity contribution in [2.24, 2.45) is 0 Å². The Hall–Kier alpha value is -1.22. The first kappa shape index (κ1) is 15.2. The maximum atomic E-state index is 5.61. The molecule has 0 amide bonds. The van der Waals surface area contributed by atoms with Gasteiger partial charge in [-0.05, 0) is 51.8 Å². The highest BCUT2D eigenvalue weighted by Crippen LogP contribution is 2.37. The molecular formula is C17H28N2O. The van der Waals surface area contributed by atoms with E-state index in [1.165, 1.54) is 30.5 Å². The Kier molecular flexibility index (Phi) is 5.30. The normalized spacial score (nSPS) is 20.8. The highest BCUT2D eigenvalue weighted by Gasteiger charge is 2.24. The molecular weight excluding hydrogens is 248 g/mol. The largest absolute Gasteiger partial charge is 0.496 e. The highest BCUT2D eigenvalue weighted by molar-refractivity contribution is 5.61. The smallest absolute Gasteiger partial charge is 0.125 e. The van der Waals surface area contributed by atoms with Gasteiger partial charge in [-0.2, -0.15) is 0 Å². The van der Waals surface area contributed by atoms with Crippen LogP contribution in [0.25, 0.3) is 0 Å². The van der Waals surface area contributed by atoms with Crippen molar-refractivity contribution in [3.05, 3.63) is 23.8 Å². The fourth-order valence-electron chi connectivity index (χ4n) is 3.26. The number of hydrogen-bond acceptors (Lipinski definition) is 3. The van der Waals surface area contributed by atoms with Gasteiger partial charge in [-0.1, -0.05) is 13.0 Å². The van der Waals surface area contributed by atoms with Crippen LogP contribution in [0.3, 0.4) is 0 Å². The molecule has 0 aromatic heterocycles. The van der Waals surface area contributed by atoms with Gasteiger partial charge in [0.1, 0.15) is 5.75 Å². The van der Waals surface area contributed by atoms with E-state index in [-0.39, 0.29) is 0 Å². The summed E-state index contributed by atoms with van der Waals surface area (Å²) in [6.07, 6.45) is 3.92. The fourth-order valence-corrected chi connectivity index (χ4v) is 3.26. The second-order valence-electron chi connectivity index (χ2n) is 5.71. The Labute approximate surface area is 123 Å². The average molecular weight is 276 g/mol. The number of anilines is 1. The predicted octanol–water partition coefficient (Wildman–Crippen LogP) is 3.74. The average Bonchev–Trinajstić information content (AvgIpc) is 2.47. The van der Waals surface area contributed by atoms with E-state index in [2.05, 4.69) is 49.2 Å². The summed E-state index contributed by atoms with van der Waals surface area (Å²) in [4.78, 5) is 2.55. The van der Waals surface area contributed by atoms with Crippen molar-refractivity contribution in [1.82, 2.24) is 5.32 Å². The van der Waals surface area contributed by atoms with Gasteiger partial charge in [0.2, 0.25) is 0 Å². The molecule has 2 unspecified atom stereocenters. The third kappa shape index (κ3) is 3.09. The monoisotopic (exact) mass is 276 g/mol. The van der Waals surface area contributed by atoms with Gasteiger partial charge in [0.05, 0.1) is 7.11 Å². The number of benzene rings is 1. The highest BCUT2D eigenvalue weighted by atomic mass is 16.5. The number of methoxy groups -OCH3 is 1. The quantitative estimate of drug-likeness (QED) is 0.886. The number of ether oxygens (including phenoxy) is 1.